The number of phenols is 1. The van der Waals surface area contributed by atoms with Gasteiger partial charge in [0.05, 0.1) is 12.5 Å². The third-order valence-corrected chi connectivity index (χ3v) is 7.17. The molecule has 0 spiro atoms. The van der Waals surface area contributed by atoms with E-state index in [1.54, 1.807) is 26.0 Å². The van der Waals surface area contributed by atoms with Crippen molar-refractivity contribution in [1.29, 1.82) is 5.41 Å². The Labute approximate surface area is 278 Å². The van der Waals surface area contributed by atoms with Crippen LogP contribution in [0.25, 0.3) is 0 Å². The molecule has 5 atom stereocenters. The lowest BCUT2D eigenvalue weighted by Gasteiger charge is -2.27. The number of nitrogens with one attached hydrogen (secondary N) is 6. The van der Waals surface area contributed by atoms with E-state index in [9.17, 15) is 44.1 Å². The minimum atomic E-state index is -1.67. The second kappa shape index (κ2) is 21.0. The maximum atomic E-state index is 13.3. The lowest BCUT2D eigenvalue weighted by molar-refractivity contribution is -0.143. The third-order valence-electron chi connectivity index (χ3n) is 7.17. The molecule has 4 amide bonds. The largest absolute Gasteiger partial charge is 0.508 e. The number of carbonyl (C=O) groups excluding carboxylic acids is 4. The normalized spacial score (nSPS) is 14.0. The molecule has 0 aliphatic carbocycles. The van der Waals surface area contributed by atoms with E-state index in [0.29, 0.717) is 18.4 Å². The van der Waals surface area contributed by atoms with Crippen molar-refractivity contribution in [1.82, 2.24) is 26.6 Å². The van der Waals surface area contributed by atoms with Gasteiger partial charge in [-0.3, -0.25) is 29.4 Å². The number of unbranched alkanes of at least 4 members (excludes halogenated alkanes) is 1. The highest BCUT2D eigenvalue weighted by Crippen LogP contribution is 2.12. The Balaban J connectivity index is 3.06. The number of hydrogen-bond donors (Lipinski definition) is 12. The highest BCUT2D eigenvalue weighted by molar-refractivity contribution is 5.96. The van der Waals surface area contributed by atoms with Gasteiger partial charge in [0, 0.05) is 6.54 Å². The van der Waals surface area contributed by atoms with Gasteiger partial charge in [0.2, 0.25) is 23.6 Å². The topological polar surface area (TPSA) is 325 Å². The minimum Gasteiger partial charge on any atom is -0.508 e. The Morgan fingerprint density at radius 1 is 0.792 bits per heavy atom. The van der Waals surface area contributed by atoms with Gasteiger partial charge in [-0.2, -0.15) is 0 Å². The number of aromatic hydroxyl groups is 1. The molecule has 18 nitrogen and oxygen atoms in total. The van der Waals surface area contributed by atoms with E-state index in [1.165, 1.54) is 12.1 Å². The molecule has 268 valence electrons. The van der Waals surface area contributed by atoms with Crippen molar-refractivity contribution in [3.8, 4) is 5.75 Å². The van der Waals surface area contributed by atoms with Gasteiger partial charge in [0.15, 0.2) is 5.96 Å². The molecular formula is C30H49N9O9. The number of guanidine groups is 1. The average molecular weight is 680 g/mol. The van der Waals surface area contributed by atoms with Gasteiger partial charge in [-0.25, -0.2) is 4.79 Å². The monoisotopic (exact) mass is 679 g/mol. The Kier molecular flexibility index (Phi) is 18.0. The zero-order chi connectivity index (χ0) is 36.4. The summed E-state index contributed by atoms with van der Waals surface area (Å²) in [6, 6.07) is -0.556. The van der Waals surface area contributed by atoms with Crippen LogP contribution in [0.1, 0.15) is 57.9 Å². The number of nitrogens with two attached hydrogens (primary N) is 3. The molecule has 1 aromatic rings. The molecule has 0 unspecified atom stereocenters. The fourth-order valence-electron chi connectivity index (χ4n) is 4.51. The number of carboxylic acids is 2. The SMILES string of the molecule is CC(C)[C@@H](NC(=O)[C@H](N)Cc1ccc(O)cc1)C(=O)N[C@H](CC(=O)O)C(=O)N[C@H](CCCCN)C(=O)N[C@H](CCCNC(=N)N)C(=O)O. The molecule has 0 saturated carbocycles. The zero-order valence-corrected chi connectivity index (χ0v) is 27.2. The number of benzene rings is 1. The van der Waals surface area contributed by atoms with Gasteiger partial charge in [0.1, 0.15) is 29.9 Å². The second-order valence-corrected chi connectivity index (χ2v) is 11.6. The van der Waals surface area contributed by atoms with Crippen molar-refractivity contribution in [3.05, 3.63) is 29.8 Å². The number of rotatable bonds is 22. The molecule has 0 aromatic heterocycles. The van der Waals surface area contributed by atoms with Crippen molar-refractivity contribution in [2.24, 2.45) is 23.1 Å². The maximum Gasteiger partial charge on any atom is 0.326 e. The first kappa shape index (κ1) is 41.1. The third kappa shape index (κ3) is 15.5. The number of hydrogen-bond acceptors (Lipinski definition) is 10. The number of amides is 4. The van der Waals surface area contributed by atoms with Crippen LogP contribution in [0.2, 0.25) is 0 Å². The summed E-state index contributed by atoms with van der Waals surface area (Å²) < 4.78 is 0. The second-order valence-electron chi connectivity index (χ2n) is 11.6. The number of aliphatic carboxylic acids is 2. The molecule has 0 fully saturated rings. The van der Waals surface area contributed by atoms with E-state index < -0.39 is 78.1 Å². The van der Waals surface area contributed by atoms with Crippen LogP contribution in [0.15, 0.2) is 24.3 Å². The van der Waals surface area contributed by atoms with Crippen LogP contribution in [0.3, 0.4) is 0 Å². The molecule has 0 aliphatic rings. The smallest absolute Gasteiger partial charge is 0.326 e. The number of phenolic OH excluding ortho intramolecular Hbond substituents is 1. The van der Waals surface area contributed by atoms with Crippen LogP contribution in [0.4, 0.5) is 0 Å². The molecular weight excluding hydrogens is 630 g/mol. The fraction of sp³-hybridized carbons (Fsp3) is 0.567. The van der Waals surface area contributed by atoms with Crippen molar-refractivity contribution in [2.45, 2.75) is 89.0 Å². The molecule has 1 aromatic carbocycles. The summed E-state index contributed by atoms with van der Waals surface area (Å²) in [6.45, 7) is 3.70. The van der Waals surface area contributed by atoms with Gasteiger partial charge in [-0.05, 0) is 68.7 Å². The average Bonchev–Trinajstić information content (AvgIpc) is 3.00. The highest BCUT2D eigenvalue weighted by Gasteiger charge is 2.33. The summed E-state index contributed by atoms with van der Waals surface area (Å²) in [5.41, 5.74) is 17.5. The van der Waals surface area contributed by atoms with Crippen molar-refractivity contribution >= 4 is 41.5 Å². The van der Waals surface area contributed by atoms with Gasteiger partial charge in [-0.15, -0.1) is 0 Å². The van der Waals surface area contributed by atoms with Crippen molar-refractivity contribution in [2.75, 3.05) is 13.1 Å². The van der Waals surface area contributed by atoms with Gasteiger partial charge in [-0.1, -0.05) is 26.0 Å². The predicted molar refractivity (Wildman–Crippen MR) is 174 cm³/mol. The van der Waals surface area contributed by atoms with E-state index in [1.807, 2.05) is 0 Å². The van der Waals surface area contributed by atoms with Crippen LogP contribution in [-0.4, -0.2) is 100 Å². The lowest BCUT2D eigenvalue weighted by Crippen LogP contribution is -2.59. The minimum absolute atomic E-state index is 0.0244. The molecule has 15 N–H and O–H groups in total. The molecule has 18 heteroatoms. The van der Waals surface area contributed by atoms with Crippen molar-refractivity contribution in [3.63, 3.8) is 0 Å². The molecule has 0 bridgehead atoms. The first-order chi connectivity index (χ1) is 22.5. The van der Waals surface area contributed by atoms with E-state index >= 15 is 0 Å². The van der Waals surface area contributed by atoms with E-state index in [4.69, 9.17) is 22.6 Å². The Morgan fingerprint density at radius 3 is 1.90 bits per heavy atom. The Bertz CT molecular complexity index is 1260. The first-order valence-corrected chi connectivity index (χ1v) is 15.5. The molecule has 0 heterocycles. The Morgan fingerprint density at radius 2 is 1.35 bits per heavy atom. The van der Waals surface area contributed by atoms with E-state index in [-0.39, 0.29) is 50.5 Å². The zero-order valence-electron chi connectivity index (χ0n) is 27.2. The molecule has 1 rings (SSSR count). The maximum absolute atomic E-state index is 13.3. The van der Waals surface area contributed by atoms with Crippen LogP contribution >= 0.6 is 0 Å². The summed E-state index contributed by atoms with van der Waals surface area (Å²) in [4.78, 5) is 76.1. The van der Waals surface area contributed by atoms with Gasteiger partial charge in [0.25, 0.3) is 0 Å². The fourth-order valence-corrected chi connectivity index (χ4v) is 4.51. The van der Waals surface area contributed by atoms with Crippen molar-refractivity contribution < 1.29 is 44.1 Å². The molecule has 0 radical (unpaired) electrons. The van der Waals surface area contributed by atoms with Crippen LogP contribution in [0.5, 0.6) is 5.75 Å². The van der Waals surface area contributed by atoms with Gasteiger partial charge >= 0.3 is 11.9 Å². The summed E-state index contributed by atoms with van der Waals surface area (Å²) in [5.74, 6) is -6.97. The van der Waals surface area contributed by atoms with E-state index in [0.717, 1.165) is 0 Å². The highest BCUT2D eigenvalue weighted by atomic mass is 16.4. The summed E-state index contributed by atoms with van der Waals surface area (Å²) >= 11 is 0. The van der Waals surface area contributed by atoms with Gasteiger partial charge < -0.3 is 59.1 Å². The first-order valence-electron chi connectivity index (χ1n) is 15.5. The van der Waals surface area contributed by atoms with Crippen LogP contribution < -0.4 is 43.8 Å². The standard InChI is InChI=1S/C30H49N9O9/c1-16(2)24(39-25(43)19(32)14-17-8-10-18(40)11-9-17)28(46)38-22(15-23(41)42)27(45)36-20(6-3-4-12-31)26(44)37-21(29(47)48)7-5-13-35-30(33)34/h8-11,16,19-22,24,40H,3-7,12-15,31-32H2,1-2H3,(H,36,45)(H,37,44)(H,38,46)(H,39,43)(H,41,42)(H,47,48)(H4,33,34,35)/t19-,20-,21-,22-,24-/m1/s1. The summed E-state index contributed by atoms with van der Waals surface area (Å²) in [5, 5.41) is 47.9. The van der Waals surface area contributed by atoms with Crippen LogP contribution in [-0.2, 0) is 35.2 Å². The molecule has 48 heavy (non-hydrogen) atoms. The Hall–Kier alpha value is -4.97. The van der Waals surface area contributed by atoms with E-state index in [2.05, 4.69) is 26.6 Å². The summed E-state index contributed by atoms with van der Waals surface area (Å²) in [6.07, 6.45) is 0.301. The summed E-state index contributed by atoms with van der Waals surface area (Å²) in [7, 11) is 0. The predicted octanol–water partition coefficient (Wildman–Crippen LogP) is -2.19. The van der Waals surface area contributed by atoms with Crippen LogP contribution in [0, 0.1) is 11.3 Å². The molecule has 0 aliphatic heterocycles. The molecule has 0 saturated heterocycles. The lowest BCUT2D eigenvalue weighted by atomic mass is 10.0. The quantitative estimate of drug-likeness (QED) is 0.0352. The number of carboxylic acid groups (broad SMARTS) is 2. The number of carbonyl (C=O) groups is 6.